The average molecular weight is 301 g/mol. The number of ether oxygens (including phenoxy) is 1. The summed E-state index contributed by atoms with van der Waals surface area (Å²) >= 11 is 0. The Morgan fingerprint density at radius 2 is 1.50 bits per heavy atom. The molecule has 0 fully saturated rings. The predicted molar refractivity (Wildman–Crippen MR) is 52.8 cm³/mol. The number of amides is 1. The topological polar surface area (TPSA) is 55.4 Å². The largest absolute Gasteiger partial charge is 0.491 e. The molecule has 1 aromatic rings. The zero-order chi connectivity index (χ0) is 15.6. The molecule has 0 saturated carbocycles. The number of carbonyl (C=O) groups is 2. The standard InChI is InChI=1S/C10H5F6NO3/c11-9(12,13)7(18)17-5-3-1-2-4-6(5)20-8(19)10(14,15)16/h1-4H,(H,17,18). The third-order valence-corrected chi connectivity index (χ3v) is 1.83. The van der Waals surface area contributed by atoms with E-state index in [1.54, 1.807) is 0 Å². The highest BCUT2D eigenvalue weighted by Gasteiger charge is 2.42. The van der Waals surface area contributed by atoms with E-state index >= 15 is 0 Å². The Kier molecular flexibility index (Phi) is 4.26. The van der Waals surface area contributed by atoms with Crippen LogP contribution in [0.25, 0.3) is 0 Å². The van der Waals surface area contributed by atoms with Crippen LogP contribution in [0.1, 0.15) is 0 Å². The minimum Gasteiger partial charge on any atom is -0.418 e. The van der Waals surface area contributed by atoms with Crippen LogP contribution in [0.5, 0.6) is 5.75 Å². The van der Waals surface area contributed by atoms with Crippen molar-refractivity contribution in [3.63, 3.8) is 0 Å². The van der Waals surface area contributed by atoms with Gasteiger partial charge in [-0.15, -0.1) is 0 Å². The lowest BCUT2D eigenvalue weighted by Crippen LogP contribution is -2.31. The van der Waals surface area contributed by atoms with Gasteiger partial charge in [0.2, 0.25) is 0 Å². The number of anilines is 1. The number of halogens is 6. The molecule has 0 spiro atoms. The highest BCUT2D eigenvalue weighted by Crippen LogP contribution is 2.28. The monoisotopic (exact) mass is 301 g/mol. The van der Waals surface area contributed by atoms with Crippen molar-refractivity contribution in [2.45, 2.75) is 12.4 Å². The first kappa shape index (κ1) is 15.8. The molecule has 1 aromatic carbocycles. The van der Waals surface area contributed by atoms with E-state index in [1.807, 2.05) is 0 Å². The van der Waals surface area contributed by atoms with Gasteiger partial charge in [0.25, 0.3) is 0 Å². The van der Waals surface area contributed by atoms with E-state index in [1.165, 1.54) is 5.32 Å². The van der Waals surface area contributed by atoms with Gasteiger partial charge in [-0.1, -0.05) is 12.1 Å². The van der Waals surface area contributed by atoms with Crippen molar-refractivity contribution in [2.75, 3.05) is 5.32 Å². The maximum atomic E-state index is 12.0. The van der Waals surface area contributed by atoms with E-state index in [4.69, 9.17) is 0 Å². The van der Waals surface area contributed by atoms with Gasteiger partial charge in [-0.25, -0.2) is 4.79 Å². The Morgan fingerprint density at radius 1 is 0.950 bits per heavy atom. The second-order valence-corrected chi connectivity index (χ2v) is 3.34. The van der Waals surface area contributed by atoms with Gasteiger partial charge in [0, 0.05) is 0 Å². The van der Waals surface area contributed by atoms with Crippen molar-refractivity contribution >= 4 is 17.6 Å². The van der Waals surface area contributed by atoms with E-state index in [9.17, 15) is 35.9 Å². The Labute approximate surface area is 107 Å². The van der Waals surface area contributed by atoms with Gasteiger partial charge in [-0.3, -0.25) is 4.79 Å². The van der Waals surface area contributed by atoms with E-state index < -0.39 is 35.7 Å². The number of hydrogen-bond acceptors (Lipinski definition) is 3. The van der Waals surface area contributed by atoms with Crippen LogP contribution < -0.4 is 10.1 Å². The molecule has 0 unspecified atom stereocenters. The van der Waals surface area contributed by atoms with Crippen LogP contribution in [0.3, 0.4) is 0 Å². The van der Waals surface area contributed by atoms with Crippen LogP contribution in [0.2, 0.25) is 0 Å². The fourth-order valence-corrected chi connectivity index (χ4v) is 1.01. The predicted octanol–water partition coefficient (Wildman–Crippen LogP) is 2.66. The van der Waals surface area contributed by atoms with E-state index in [-0.39, 0.29) is 0 Å². The van der Waals surface area contributed by atoms with E-state index in [2.05, 4.69) is 4.74 Å². The third-order valence-electron chi connectivity index (χ3n) is 1.83. The molecule has 0 heterocycles. The first-order chi connectivity index (χ1) is 9.01. The molecule has 0 atom stereocenters. The summed E-state index contributed by atoms with van der Waals surface area (Å²) in [6, 6.07) is 3.90. The second kappa shape index (κ2) is 5.39. The molecule has 1 N–H and O–H groups in total. The number of hydrogen-bond donors (Lipinski definition) is 1. The maximum absolute atomic E-state index is 12.0. The van der Waals surface area contributed by atoms with Crippen LogP contribution in [-0.4, -0.2) is 24.2 Å². The minimum atomic E-state index is -5.32. The lowest BCUT2D eigenvalue weighted by Gasteiger charge is -2.13. The van der Waals surface area contributed by atoms with Crippen LogP contribution in [0.15, 0.2) is 24.3 Å². The fourth-order valence-electron chi connectivity index (χ4n) is 1.01. The van der Waals surface area contributed by atoms with Gasteiger partial charge >= 0.3 is 24.2 Å². The number of alkyl halides is 6. The smallest absolute Gasteiger partial charge is 0.418 e. The molecular weight excluding hydrogens is 296 g/mol. The van der Waals surface area contributed by atoms with Crippen molar-refractivity contribution in [3.8, 4) is 5.75 Å². The molecule has 20 heavy (non-hydrogen) atoms. The number of para-hydroxylation sites is 2. The SMILES string of the molecule is O=C(Nc1ccccc1OC(=O)C(F)(F)F)C(F)(F)F. The quantitative estimate of drug-likeness (QED) is 0.519. The second-order valence-electron chi connectivity index (χ2n) is 3.34. The number of esters is 1. The zero-order valence-corrected chi connectivity index (χ0v) is 9.30. The van der Waals surface area contributed by atoms with Crippen molar-refractivity contribution in [1.82, 2.24) is 0 Å². The molecule has 1 amide bonds. The van der Waals surface area contributed by atoms with Gasteiger partial charge in [-0.05, 0) is 12.1 Å². The molecule has 0 saturated heterocycles. The molecule has 10 heteroatoms. The van der Waals surface area contributed by atoms with Gasteiger partial charge in [0.15, 0.2) is 5.75 Å². The normalized spacial score (nSPS) is 11.9. The Balaban J connectivity index is 2.95. The van der Waals surface area contributed by atoms with Crippen molar-refractivity contribution in [2.24, 2.45) is 0 Å². The molecule has 0 aliphatic carbocycles. The Hall–Kier alpha value is -2.26. The average Bonchev–Trinajstić information content (AvgIpc) is 2.29. The summed E-state index contributed by atoms with van der Waals surface area (Å²) in [7, 11) is 0. The van der Waals surface area contributed by atoms with Gasteiger partial charge in [-0.2, -0.15) is 26.3 Å². The van der Waals surface area contributed by atoms with Crippen molar-refractivity contribution < 1.29 is 40.7 Å². The number of benzene rings is 1. The third kappa shape index (κ3) is 4.14. The molecule has 0 aromatic heterocycles. The lowest BCUT2D eigenvalue weighted by atomic mass is 10.3. The molecule has 0 aliphatic rings. The molecule has 0 radical (unpaired) electrons. The molecule has 0 bridgehead atoms. The van der Waals surface area contributed by atoms with Gasteiger partial charge in [0.1, 0.15) is 0 Å². The molecule has 0 aliphatic heterocycles. The minimum absolute atomic E-state index is 0.715. The molecule has 4 nitrogen and oxygen atoms in total. The summed E-state index contributed by atoms with van der Waals surface area (Å²) < 4.78 is 75.9. The zero-order valence-electron chi connectivity index (χ0n) is 9.30. The number of rotatable bonds is 2. The number of carbonyl (C=O) groups excluding carboxylic acids is 2. The van der Waals surface area contributed by atoms with Crippen LogP contribution in [0, 0.1) is 0 Å². The van der Waals surface area contributed by atoms with Crippen LogP contribution >= 0.6 is 0 Å². The maximum Gasteiger partial charge on any atom is 0.491 e. The fraction of sp³-hybridized carbons (Fsp3) is 0.200. The summed E-state index contributed by atoms with van der Waals surface area (Å²) in [6.07, 6.45) is -10.6. The van der Waals surface area contributed by atoms with Crippen LogP contribution in [0.4, 0.5) is 32.0 Å². The molecular formula is C10H5F6NO3. The summed E-state index contributed by atoms with van der Waals surface area (Å²) in [5.74, 6) is -5.88. The summed E-state index contributed by atoms with van der Waals surface area (Å²) in [6.45, 7) is 0. The van der Waals surface area contributed by atoms with Crippen LogP contribution in [-0.2, 0) is 9.59 Å². The number of nitrogens with one attached hydrogen (secondary N) is 1. The highest BCUT2D eigenvalue weighted by molar-refractivity contribution is 5.96. The Morgan fingerprint density at radius 3 is 2.00 bits per heavy atom. The summed E-state index contributed by atoms with van der Waals surface area (Å²) in [5, 5.41) is 1.30. The molecule has 1 rings (SSSR count). The van der Waals surface area contributed by atoms with Gasteiger partial charge < -0.3 is 10.1 Å². The lowest BCUT2D eigenvalue weighted by molar-refractivity contribution is -0.189. The van der Waals surface area contributed by atoms with Gasteiger partial charge in [0.05, 0.1) is 5.69 Å². The Bertz CT molecular complexity index is 475. The van der Waals surface area contributed by atoms with E-state index in [0.717, 1.165) is 24.3 Å². The first-order valence-electron chi connectivity index (χ1n) is 4.78. The first-order valence-corrected chi connectivity index (χ1v) is 4.78. The van der Waals surface area contributed by atoms with Crippen molar-refractivity contribution in [1.29, 1.82) is 0 Å². The highest BCUT2D eigenvalue weighted by atomic mass is 19.4. The van der Waals surface area contributed by atoms with E-state index in [0.29, 0.717) is 0 Å². The molecule has 110 valence electrons. The van der Waals surface area contributed by atoms with Crippen molar-refractivity contribution in [3.05, 3.63) is 24.3 Å². The summed E-state index contributed by atoms with van der Waals surface area (Å²) in [4.78, 5) is 21.3. The summed E-state index contributed by atoms with van der Waals surface area (Å²) in [5.41, 5.74) is -0.715.